The lowest BCUT2D eigenvalue weighted by atomic mass is 9.56. The van der Waals surface area contributed by atoms with Crippen LogP contribution in [0, 0.1) is 5.92 Å². The van der Waals surface area contributed by atoms with Gasteiger partial charge in [-0.1, -0.05) is 57.8 Å². The third-order valence-electron chi connectivity index (χ3n) is 7.42. The first kappa shape index (κ1) is 15.4. The van der Waals surface area contributed by atoms with Gasteiger partial charge in [-0.05, 0) is 38.5 Å². The Bertz CT molecular complexity index is 398. The van der Waals surface area contributed by atoms with Gasteiger partial charge in [-0.25, -0.2) is 9.78 Å². The summed E-state index contributed by atoms with van der Waals surface area (Å²) in [5.74, 6) is 0.509. The minimum atomic E-state index is -0.192. The average Bonchev–Trinajstić information content (AvgIpc) is 2.78. The number of nitrogens with two attached hydrogens (primary N) is 1. The van der Waals surface area contributed by atoms with Crippen molar-refractivity contribution >= 4 is 0 Å². The molecular formula is C19H33NO2. The van der Waals surface area contributed by atoms with E-state index in [4.69, 9.17) is 15.5 Å². The molecule has 0 bridgehead atoms. The van der Waals surface area contributed by atoms with Crippen molar-refractivity contribution in [3.63, 3.8) is 0 Å². The molecule has 3 aliphatic carbocycles. The molecule has 3 nitrogen and oxygen atoms in total. The fourth-order valence-electron chi connectivity index (χ4n) is 6.20. The highest BCUT2D eigenvalue weighted by Crippen LogP contribution is 2.58. The summed E-state index contributed by atoms with van der Waals surface area (Å²) < 4.78 is 0. The van der Waals surface area contributed by atoms with Gasteiger partial charge in [0.2, 0.25) is 0 Å². The van der Waals surface area contributed by atoms with E-state index in [-0.39, 0.29) is 16.7 Å². The van der Waals surface area contributed by atoms with Gasteiger partial charge in [-0.2, -0.15) is 0 Å². The van der Waals surface area contributed by atoms with E-state index in [9.17, 15) is 0 Å². The molecule has 0 aromatic carbocycles. The highest BCUT2D eigenvalue weighted by molar-refractivity contribution is 5.16. The monoisotopic (exact) mass is 307 g/mol. The lowest BCUT2D eigenvalue weighted by Gasteiger charge is -2.62. The van der Waals surface area contributed by atoms with Crippen LogP contribution in [0.1, 0.15) is 96.3 Å². The van der Waals surface area contributed by atoms with E-state index >= 15 is 0 Å². The highest BCUT2D eigenvalue weighted by atomic mass is 17.2. The lowest BCUT2D eigenvalue weighted by molar-refractivity contribution is -0.481. The molecule has 1 aliphatic heterocycles. The second-order valence-electron chi connectivity index (χ2n) is 8.54. The molecule has 1 saturated heterocycles. The van der Waals surface area contributed by atoms with Crippen molar-refractivity contribution in [1.29, 1.82) is 0 Å². The van der Waals surface area contributed by atoms with Gasteiger partial charge in [0.15, 0.2) is 0 Å². The van der Waals surface area contributed by atoms with Crippen LogP contribution in [0.5, 0.6) is 0 Å². The number of hydrogen-bond acceptors (Lipinski definition) is 3. The summed E-state index contributed by atoms with van der Waals surface area (Å²) in [6.45, 7) is 0. The Labute approximate surface area is 135 Å². The number of hydrogen-bond donors (Lipinski definition) is 1. The minimum Gasteiger partial charge on any atom is -0.322 e. The third-order valence-corrected chi connectivity index (χ3v) is 7.42. The molecule has 0 radical (unpaired) electrons. The summed E-state index contributed by atoms with van der Waals surface area (Å²) in [5, 5.41) is 0. The molecule has 22 heavy (non-hydrogen) atoms. The molecule has 2 spiro atoms. The maximum absolute atomic E-state index is 7.27. The summed E-state index contributed by atoms with van der Waals surface area (Å²) in [6, 6.07) is 0. The molecule has 2 unspecified atom stereocenters. The van der Waals surface area contributed by atoms with Crippen molar-refractivity contribution in [1.82, 2.24) is 0 Å². The van der Waals surface area contributed by atoms with Crippen LogP contribution in [0.3, 0.4) is 0 Å². The molecule has 4 rings (SSSR count). The van der Waals surface area contributed by atoms with Crippen molar-refractivity contribution < 1.29 is 9.78 Å². The van der Waals surface area contributed by atoms with Crippen molar-refractivity contribution in [3.05, 3.63) is 0 Å². The van der Waals surface area contributed by atoms with Crippen LogP contribution < -0.4 is 5.73 Å². The van der Waals surface area contributed by atoms with Gasteiger partial charge >= 0.3 is 0 Å². The molecule has 4 aliphatic rings. The van der Waals surface area contributed by atoms with Crippen molar-refractivity contribution in [3.8, 4) is 0 Å². The van der Waals surface area contributed by atoms with Gasteiger partial charge in [0, 0.05) is 5.92 Å². The predicted molar refractivity (Wildman–Crippen MR) is 87.3 cm³/mol. The Morgan fingerprint density at radius 2 is 1.23 bits per heavy atom. The van der Waals surface area contributed by atoms with E-state index in [0.29, 0.717) is 5.92 Å². The van der Waals surface area contributed by atoms with Gasteiger partial charge in [0.1, 0.15) is 11.2 Å². The molecule has 3 saturated carbocycles. The molecule has 2 atom stereocenters. The first-order chi connectivity index (χ1) is 10.7. The zero-order valence-corrected chi connectivity index (χ0v) is 14.1. The average molecular weight is 307 g/mol. The Hall–Kier alpha value is -0.120. The Balaban J connectivity index is 1.72. The molecule has 0 aromatic heterocycles. The maximum Gasteiger partial charge on any atom is 0.122 e. The van der Waals surface area contributed by atoms with Gasteiger partial charge in [0.25, 0.3) is 0 Å². The predicted octanol–water partition coefficient (Wildman–Crippen LogP) is 4.63. The number of fused-ring (bicyclic) bond motifs is 3. The van der Waals surface area contributed by atoms with Crippen LogP contribution in [0.4, 0.5) is 0 Å². The van der Waals surface area contributed by atoms with Crippen LogP contribution in [0.25, 0.3) is 0 Å². The van der Waals surface area contributed by atoms with Gasteiger partial charge in [-0.3, -0.25) is 0 Å². The van der Waals surface area contributed by atoms with Gasteiger partial charge in [0.05, 0.1) is 5.54 Å². The van der Waals surface area contributed by atoms with E-state index in [2.05, 4.69) is 0 Å². The normalized spacial score (nSPS) is 41.0. The van der Waals surface area contributed by atoms with Crippen molar-refractivity contribution in [2.45, 2.75) is 113 Å². The van der Waals surface area contributed by atoms with Crippen LogP contribution >= 0.6 is 0 Å². The van der Waals surface area contributed by atoms with Crippen molar-refractivity contribution in [2.24, 2.45) is 11.7 Å². The van der Waals surface area contributed by atoms with Gasteiger partial charge < -0.3 is 5.73 Å². The summed E-state index contributed by atoms with van der Waals surface area (Å²) >= 11 is 0. The highest BCUT2D eigenvalue weighted by Gasteiger charge is 2.65. The Morgan fingerprint density at radius 1 is 0.636 bits per heavy atom. The molecule has 0 amide bonds. The quantitative estimate of drug-likeness (QED) is 0.663. The third kappa shape index (κ3) is 2.19. The Morgan fingerprint density at radius 3 is 1.95 bits per heavy atom. The van der Waals surface area contributed by atoms with Crippen molar-refractivity contribution in [2.75, 3.05) is 0 Å². The van der Waals surface area contributed by atoms with E-state index < -0.39 is 0 Å². The lowest BCUT2D eigenvalue weighted by Crippen LogP contribution is -2.74. The fraction of sp³-hybridized carbons (Fsp3) is 1.00. The SMILES string of the molecule is NC12CCCCCC1C1(CCCCC1)OOC21CCCCC1. The minimum absolute atomic E-state index is 0.0694. The van der Waals surface area contributed by atoms with Crippen LogP contribution in [-0.4, -0.2) is 16.7 Å². The second-order valence-corrected chi connectivity index (χ2v) is 8.54. The Kier molecular flexibility index (Phi) is 4.03. The van der Waals surface area contributed by atoms with Crippen LogP contribution in [0.15, 0.2) is 0 Å². The first-order valence-corrected chi connectivity index (χ1v) is 9.87. The zero-order valence-electron chi connectivity index (χ0n) is 14.1. The van der Waals surface area contributed by atoms with E-state index in [1.807, 2.05) is 0 Å². The van der Waals surface area contributed by atoms with Gasteiger partial charge in [-0.15, -0.1) is 0 Å². The standard InChI is InChI=1S/C19H33NO2/c20-19-15-9-1-4-10-16(19)17(11-5-2-6-12-17)21-22-18(19)13-7-3-8-14-18/h16H,1-15,20H2. The summed E-state index contributed by atoms with van der Waals surface area (Å²) in [5.41, 5.74) is 6.86. The summed E-state index contributed by atoms with van der Waals surface area (Å²) in [7, 11) is 0. The molecule has 3 heteroatoms. The zero-order chi connectivity index (χ0) is 15.1. The first-order valence-electron chi connectivity index (χ1n) is 9.87. The van der Waals surface area contributed by atoms with E-state index in [1.54, 1.807) is 0 Å². The van der Waals surface area contributed by atoms with E-state index in [1.165, 1.54) is 64.2 Å². The molecule has 1 heterocycles. The second kappa shape index (κ2) is 5.75. The molecule has 2 N–H and O–H groups in total. The van der Waals surface area contributed by atoms with E-state index in [0.717, 1.165) is 32.1 Å². The molecule has 126 valence electrons. The molecule has 4 fully saturated rings. The summed E-state index contributed by atoms with van der Waals surface area (Å²) in [4.78, 5) is 12.6. The topological polar surface area (TPSA) is 44.5 Å². The maximum atomic E-state index is 7.27. The number of rotatable bonds is 0. The summed E-state index contributed by atoms with van der Waals surface area (Å²) in [6.07, 6.45) is 18.6. The largest absolute Gasteiger partial charge is 0.322 e. The molecular weight excluding hydrogens is 274 g/mol. The molecule has 0 aromatic rings. The smallest absolute Gasteiger partial charge is 0.122 e. The fourth-order valence-corrected chi connectivity index (χ4v) is 6.20. The van der Waals surface area contributed by atoms with Crippen LogP contribution in [0.2, 0.25) is 0 Å². The van der Waals surface area contributed by atoms with Crippen LogP contribution in [-0.2, 0) is 9.78 Å².